The SMILES string of the molecule is CN(/N=C/c1cccs1)c1nc(N2CCCCC2)nc(N2CCCCC2)n1. The number of nitrogens with zero attached hydrogens (tertiary/aromatic N) is 7. The summed E-state index contributed by atoms with van der Waals surface area (Å²) < 4.78 is 0. The Bertz CT molecular complexity index is 713. The van der Waals surface area contributed by atoms with Crippen molar-refractivity contribution in [3.05, 3.63) is 22.4 Å². The molecule has 2 aliphatic heterocycles. The van der Waals surface area contributed by atoms with Gasteiger partial charge in [0.15, 0.2) is 0 Å². The fourth-order valence-electron chi connectivity index (χ4n) is 3.52. The second kappa shape index (κ2) is 8.65. The summed E-state index contributed by atoms with van der Waals surface area (Å²) in [6, 6.07) is 4.08. The van der Waals surface area contributed by atoms with Crippen LogP contribution in [0.25, 0.3) is 0 Å². The van der Waals surface area contributed by atoms with Gasteiger partial charge in [0.1, 0.15) is 0 Å². The third-order valence-corrected chi connectivity index (χ3v) is 5.88. The third kappa shape index (κ3) is 4.55. The van der Waals surface area contributed by atoms with Crippen molar-refractivity contribution in [1.82, 2.24) is 15.0 Å². The largest absolute Gasteiger partial charge is 0.341 e. The molecule has 0 spiro atoms. The minimum Gasteiger partial charge on any atom is -0.341 e. The van der Waals surface area contributed by atoms with Crippen molar-refractivity contribution < 1.29 is 0 Å². The smallest absolute Gasteiger partial charge is 0.252 e. The number of thiophene rings is 1. The van der Waals surface area contributed by atoms with Gasteiger partial charge in [-0.25, -0.2) is 5.01 Å². The number of rotatable bonds is 5. The van der Waals surface area contributed by atoms with Crippen LogP contribution in [0.1, 0.15) is 43.4 Å². The number of anilines is 3. The molecule has 2 fully saturated rings. The maximum Gasteiger partial charge on any atom is 0.252 e. The maximum absolute atomic E-state index is 4.83. The Hall–Kier alpha value is -2.22. The Morgan fingerprint density at radius 1 is 0.926 bits per heavy atom. The molecular formula is C19H27N7S. The van der Waals surface area contributed by atoms with Crippen molar-refractivity contribution in [1.29, 1.82) is 0 Å². The van der Waals surface area contributed by atoms with Crippen LogP contribution in [0.2, 0.25) is 0 Å². The lowest BCUT2D eigenvalue weighted by atomic mass is 10.1. The fourth-order valence-corrected chi connectivity index (χ4v) is 4.10. The second-order valence-electron chi connectivity index (χ2n) is 7.11. The van der Waals surface area contributed by atoms with Gasteiger partial charge in [0.05, 0.1) is 6.21 Å². The average molecular weight is 386 g/mol. The van der Waals surface area contributed by atoms with Gasteiger partial charge in [-0.3, -0.25) is 0 Å². The molecule has 2 aromatic heterocycles. The first-order chi connectivity index (χ1) is 13.3. The molecule has 0 saturated carbocycles. The zero-order chi connectivity index (χ0) is 18.5. The molecule has 0 amide bonds. The summed E-state index contributed by atoms with van der Waals surface area (Å²) >= 11 is 1.67. The number of hydrogen-bond acceptors (Lipinski definition) is 8. The van der Waals surface area contributed by atoms with Crippen LogP contribution in [0.15, 0.2) is 22.6 Å². The highest BCUT2D eigenvalue weighted by molar-refractivity contribution is 7.11. The summed E-state index contributed by atoms with van der Waals surface area (Å²) in [5, 5.41) is 8.34. The average Bonchev–Trinajstić information content (AvgIpc) is 3.27. The monoisotopic (exact) mass is 385 g/mol. The van der Waals surface area contributed by atoms with Gasteiger partial charge in [-0.1, -0.05) is 6.07 Å². The van der Waals surface area contributed by atoms with Crippen LogP contribution in [0.4, 0.5) is 17.8 Å². The normalized spacial score (nSPS) is 18.3. The van der Waals surface area contributed by atoms with Gasteiger partial charge in [-0.15, -0.1) is 11.3 Å². The summed E-state index contributed by atoms with van der Waals surface area (Å²) in [4.78, 5) is 20.0. The Labute approximate surface area is 164 Å². The van der Waals surface area contributed by atoms with Gasteiger partial charge in [-0.05, 0) is 50.0 Å². The van der Waals surface area contributed by atoms with Gasteiger partial charge in [-0.2, -0.15) is 20.1 Å². The molecule has 0 bridgehead atoms. The zero-order valence-corrected chi connectivity index (χ0v) is 16.7. The molecule has 7 nitrogen and oxygen atoms in total. The van der Waals surface area contributed by atoms with Crippen LogP contribution in [-0.2, 0) is 0 Å². The van der Waals surface area contributed by atoms with E-state index < -0.39 is 0 Å². The lowest BCUT2D eigenvalue weighted by Crippen LogP contribution is -2.35. The standard InChI is InChI=1S/C19H27N7S/c1-24(20-15-16-9-8-14-27-16)17-21-18(25-10-4-2-5-11-25)23-19(22-17)26-12-6-3-7-13-26/h8-9,14-15H,2-7,10-13H2,1H3/b20-15+. The first-order valence-corrected chi connectivity index (χ1v) is 10.7. The van der Waals surface area contributed by atoms with E-state index >= 15 is 0 Å². The van der Waals surface area contributed by atoms with Crippen LogP contribution in [0.3, 0.4) is 0 Å². The van der Waals surface area contributed by atoms with E-state index in [9.17, 15) is 0 Å². The summed E-state index contributed by atoms with van der Waals surface area (Å²) in [5.41, 5.74) is 0. The molecular weight excluding hydrogens is 358 g/mol. The van der Waals surface area contributed by atoms with Crippen molar-refractivity contribution in [3.8, 4) is 0 Å². The van der Waals surface area contributed by atoms with E-state index in [-0.39, 0.29) is 0 Å². The number of hydrazone groups is 1. The van der Waals surface area contributed by atoms with E-state index in [1.165, 1.54) is 38.5 Å². The molecule has 2 saturated heterocycles. The third-order valence-electron chi connectivity index (χ3n) is 5.07. The highest BCUT2D eigenvalue weighted by Gasteiger charge is 2.21. The molecule has 4 heterocycles. The van der Waals surface area contributed by atoms with Crippen molar-refractivity contribution >= 4 is 35.4 Å². The molecule has 0 radical (unpaired) electrons. The van der Waals surface area contributed by atoms with E-state index in [4.69, 9.17) is 15.0 Å². The van der Waals surface area contributed by atoms with E-state index in [1.807, 2.05) is 30.8 Å². The predicted molar refractivity (Wildman–Crippen MR) is 112 cm³/mol. The van der Waals surface area contributed by atoms with Crippen molar-refractivity contribution in [2.45, 2.75) is 38.5 Å². The van der Waals surface area contributed by atoms with Gasteiger partial charge in [0.2, 0.25) is 11.9 Å². The molecule has 4 rings (SSSR count). The summed E-state index contributed by atoms with van der Waals surface area (Å²) in [6.07, 6.45) is 9.24. The second-order valence-corrected chi connectivity index (χ2v) is 8.09. The van der Waals surface area contributed by atoms with Gasteiger partial charge in [0, 0.05) is 38.1 Å². The molecule has 0 N–H and O–H groups in total. The summed E-state index contributed by atoms with van der Waals surface area (Å²) in [7, 11) is 1.90. The van der Waals surface area contributed by atoms with E-state index in [2.05, 4.69) is 14.9 Å². The predicted octanol–water partition coefficient (Wildman–Crippen LogP) is 3.38. The quantitative estimate of drug-likeness (QED) is 0.581. The molecule has 8 heteroatoms. The Morgan fingerprint density at radius 3 is 2.04 bits per heavy atom. The molecule has 0 unspecified atom stereocenters. The van der Waals surface area contributed by atoms with Crippen molar-refractivity contribution in [2.24, 2.45) is 5.10 Å². The highest BCUT2D eigenvalue weighted by Crippen LogP contribution is 2.23. The molecule has 144 valence electrons. The zero-order valence-electron chi connectivity index (χ0n) is 15.9. The van der Waals surface area contributed by atoms with Crippen LogP contribution in [0, 0.1) is 0 Å². The van der Waals surface area contributed by atoms with E-state index in [0.717, 1.165) is 43.0 Å². The Kier molecular flexibility index (Phi) is 5.81. The minimum atomic E-state index is 0.610. The van der Waals surface area contributed by atoms with Gasteiger partial charge in [0.25, 0.3) is 5.95 Å². The van der Waals surface area contributed by atoms with Gasteiger partial charge < -0.3 is 9.80 Å². The number of piperidine rings is 2. The van der Waals surface area contributed by atoms with E-state index in [1.54, 1.807) is 16.3 Å². The van der Waals surface area contributed by atoms with Crippen LogP contribution in [0.5, 0.6) is 0 Å². The first-order valence-electron chi connectivity index (χ1n) is 9.87. The molecule has 0 aliphatic carbocycles. The van der Waals surface area contributed by atoms with Gasteiger partial charge >= 0.3 is 0 Å². The Balaban J connectivity index is 1.61. The molecule has 0 atom stereocenters. The van der Waals surface area contributed by atoms with E-state index in [0.29, 0.717) is 5.95 Å². The van der Waals surface area contributed by atoms with Crippen LogP contribution >= 0.6 is 11.3 Å². The summed E-state index contributed by atoms with van der Waals surface area (Å²) in [5.74, 6) is 2.19. The lowest BCUT2D eigenvalue weighted by Gasteiger charge is -2.30. The highest BCUT2D eigenvalue weighted by atomic mass is 32.1. The minimum absolute atomic E-state index is 0.610. The van der Waals surface area contributed by atoms with Crippen molar-refractivity contribution in [3.63, 3.8) is 0 Å². The first kappa shape index (κ1) is 18.2. The number of aromatic nitrogens is 3. The molecule has 0 aromatic carbocycles. The van der Waals surface area contributed by atoms with Crippen LogP contribution in [-0.4, -0.2) is 54.4 Å². The fraction of sp³-hybridized carbons (Fsp3) is 0.579. The lowest BCUT2D eigenvalue weighted by molar-refractivity contribution is 0.555. The molecule has 27 heavy (non-hydrogen) atoms. The molecule has 2 aromatic rings. The maximum atomic E-state index is 4.83. The topological polar surface area (TPSA) is 60.8 Å². The number of hydrogen-bond donors (Lipinski definition) is 0. The van der Waals surface area contributed by atoms with Crippen molar-refractivity contribution in [2.75, 3.05) is 48.0 Å². The Morgan fingerprint density at radius 2 is 1.52 bits per heavy atom. The summed E-state index contributed by atoms with van der Waals surface area (Å²) in [6.45, 7) is 4.08. The molecule has 2 aliphatic rings. The van der Waals surface area contributed by atoms with Crippen LogP contribution < -0.4 is 14.8 Å².